The molecule has 0 bridgehead atoms. The first-order valence-electron chi connectivity index (χ1n) is 8.34. The van der Waals surface area contributed by atoms with Gasteiger partial charge in [-0.25, -0.2) is 4.99 Å². The smallest absolute Gasteiger partial charge is 0.257 e. The van der Waals surface area contributed by atoms with Crippen LogP contribution < -0.4 is 10.6 Å². The first-order chi connectivity index (χ1) is 12.7. The molecule has 0 spiro atoms. The SMILES string of the molecule is Cc1ccc(NC(=NCc2cccnc2)NC(=O)c2ccccc2)cc1. The van der Waals surface area contributed by atoms with Crippen LogP contribution in [-0.2, 0) is 6.54 Å². The number of amides is 1. The first kappa shape index (κ1) is 17.4. The second kappa shape index (κ2) is 8.58. The van der Waals surface area contributed by atoms with E-state index in [-0.39, 0.29) is 5.91 Å². The number of benzene rings is 2. The normalized spacial score (nSPS) is 11.0. The van der Waals surface area contributed by atoms with Crippen LogP contribution in [0, 0.1) is 6.92 Å². The second-order valence-corrected chi connectivity index (χ2v) is 5.84. The van der Waals surface area contributed by atoms with Gasteiger partial charge in [0.1, 0.15) is 0 Å². The standard InChI is InChI=1S/C21H20N4O/c1-16-9-11-19(12-10-16)24-21(23-15-17-6-5-13-22-14-17)25-20(26)18-7-3-2-4-8-18/h2-14H,15H2,1H3,(H2,23,24,25,26). The fraction of sp³-hybridized carbons (Fsp3) is 0.0952. The molecule has 0 aliphatic carbocycles. The van der Waals surface area contributed by atoms with Gasteiger partial charge in [-0.3, -0.25) is 15.1 Å². The maximum absolute atomic E-state index is 12.5. The summed E-state index contributed by atoms with van der Waals surface area (Å²) in [6, 6.07) is 20.8. The van der Waals surface area contributed by atoms with Crippen LogP contribution in [0.3, 0.4) is 0 Å². The number of aryl methyl sites for hydroxylation is 1. The highest BCUT2D eigenvalue weighted by molar-refractivity contribution is 6.09. The lowest BCUT2D eigenvalue weighted by Crippen LogP contribution is -2.36. The van der Waals surface area contributed by atoms with Crippen LogP contribution in [0.15, 0.2) is 84.1 Å². The van der Waals surface area contributed by atoms with Crippen molar-refractivity contribution in [2.45, 2.75) is 13.5 Å². The molecule has 5 nitrogen and oxygen atoms in total. The molecule has 0 aliphatic heterocycles. The lowest BCUT2D eigenvalue weighted by atomic mass is 10.2. The Labute approximate surface area is 152 Å². The van der Waals surface area contributed by atoms with Crippen LogP contribution in [0.1, 0.15) is 21.5 Å². The summed E-state index contributed by atoms with van der Waals surface area (Å²) < 4.78 is 0. The molecule has 0 unspecified atom stereocenters. The first-order valence-corrected chi connectivity index (χ1v) is 8.34. The maximum atomic E-state index is 12.5. The Kier molecular flexibility index (Phi) is 5.72. The summed E-state index contributed by atoms with van der Waals surface area (Å²) in [7, 11) is 0. The van der Waals surface area contributed by atoms with Crippen molar-refractivity contribution in [3.63, 3.8) is 0 Å². The summed E-state index contributed by atoms with van der Waals surface area (Å²) in [6.45, 7) is 2.44. The number of nitrogens with zero attached hydrogens (tertiary/aromatic N) is 2. The number of aromatic nitrogens is 1. The van der Waals surface area contributed by atoms with Gasteiger partial charge in [0.2, 0.25) is 5.96 Å². The Morgan fingerprint density at radius 1 is 1.00 bits per heavy atom. The third-order valence-electron chi connectivity index (χ3n) is 3.72. The molecule has 0 fully saturated rings. The average molecular weight is 344 g/mol. The van der Waals surface area contributed by atoms with Gasteiger partial charge in [-0.1, -0.05) is 42.0 Å². The van der Waals surface area contributed by atoms with Gasteiger partial charge in [-0.05, 0) is 42.8 Å². The number of aliphatic imine (C=N–C) groups is 1. The lowest BCUT2D eigenvalue weighted by molar-refractivity contribution is 0.0977. The number of anilines is 1. The van der Waals surface area contributed by atoms with Crippen LogP contribution in [0.25, 0.3) is 0 Å². The molecule has 3 aromatic rings. The molecule has 0 aliphatic rings. The molecule has 1 aromatic heterocycles. The van der Waals surface area contributed by atoms with Crippen molar-refractivity contribution in [3.8, 4) is 0 Å². The number of carbonyl (C=O) groups is 1. The van der Waals surface area contributed by atoms with E-state index in [1.54, 1.807) is 24.5 Å². The van der Waals surface area contributed by atoms with Gasteiger partial charge < -0.3 is 5.32 Å². The number of guanidine groups is 1. The van der Waals surface area contributed by atoms with Gasteiger partial charge in [-0.2, -0.15) is 0 Å². The van der Waals surface area contributed by atoms with E-state index in [1.807, 2.05) is 61.5 Å². The molecular formula is C21H20N4O. The molecule has 3 rings (SSSR count). The van der Waals surface area contributed by atoms with Gasteiger partial charge in [0.05, 0.1) is 6.54 Å². The van der Waals surface area contributed by atoms with E-state index in [9.17, 15) is 4.79 Å². The summed E-state index contributed by atoms with van der Waals surface area (Å²) >= 11 is 0. The van der Waals surface area contributed by atoms with E-state index in [2.05, 4.69) is 20.6 Å². The van der Waals surface area contributed by atoms with Crippen molar-refractivity contribution in [1.29, 1.82) is 0 Å². The Hall–Kier alpha value is -3.47. The quantitative estimate of drug-likeness (QED) is 0.559. The van der Waals surface area contributed by atoms with Crippen LogP contribution in [0.4, 0.5) is 5.69 Å². The van der Waals surface area contributed by atoms with Crippen molar-refractivity contribution in [3.05, 3.63) is 95.8 Å². The fourth-order valence-corrected chi connectivity index (χ4v) is 2.32. The predicted molar refractivity (Wildman–Crippen MR) is 104 cm³/mol. The van der Waals surface area contributed by atoms with Gasteiger partial charge in [0.25, 0.3) is 5.91 Å². The molecule has 0 saturated heterocycles. The number of hydrogen-bond donors (Lipinski definition) is 2. The second-order valence-electron chi connectivity index (χ2n) is 5.84. The molecule has 2 aromatic carbocycles. The van der Waals surface area contributed by atoms with E-state index in [0.29, 0.717) is 18.1 Å². The number of hydrogen-bond acceptors (Lipinski definition) is 3. The highest BCUT2D eigenvalue weighted by atomic mass is 16.1. The van der Waals surface area contributed by atoms with Gasteiger partial charge in [-0.15, -0.1) is 0 Å². The fourth-order valence-electron chi connectivity index (χ4n) is 2.32. The van der Waals surface area contributed by atoms with Crippen LogP contribution >= 0.6 is 0 Å². The van der Waals surface area contributed by atoms with Gasteiger partial charge in [0, 0.05) is 23.6 Å². The zero-order chi connectivity index (χ0) is 18.2. The van der Waals surface area contributed by atoms with Crippen LogP contribution in [0.2, 0.25) is 0 Å². The molecule has 2 N–H and O–H groups in total. The maximum Gasteiger partial charge on any atom is 0.257 e. The molecule has 0 radical (unpaired) electrons. The van der Waals surface area contributed by atoms with E-state index < -0.39 is 0 Å². The van der Waals surface area contributed by atoms with Crippen molar-refractivity contribution in [2.24, 2.45) is 4.99 Å². The van der Waals surface area contributed by atoms with Crippen molar-refractivity contribution in [1.82, 2.24) is 10.3 Å². The molecule has 0 atom stereocenters. The van der Waals surface area contributed by atoms with Crippen molar-refractivity contribution in [2.75, 3.05) is 5.32 Å². The third kappa shape index (κ3) is 5.01. The molecule has 0 saturated carbocycles. The highest BCUT2D eigenvalue weighted by Gasteiger charge is 2.09. The Morgan fingerprint density at radius 2 is 1.77 bits per heavy atom. The summed E-state index contributed by atoms with van der Waals surface area (Å²) in [5.41, 5.74) is 3.56. The summed E-state index contributed by atoms with van der Waals surface area (Å²) in [5, 5.41) is 6.02. The number of nitrogens with one attached hydrogen (secondary N) is 2. The Morgan fingerprint density at radius 3 is 2.46 bits per heavy atom. The molecular weight excluding hydrogens is 324 g/mol. The minimum atomic E-state index is -0.213. The minimum Gasteiger partial charge on any atom is -0.326 e. The van der Waals surface area contributed by atoms with Gasteiger partial charge >= 0.3 is 0 Å². The Bertz CT molecular complexity index is 875. The monoisotopic (exact) mass is 344 g/mol. The molecule has 26 heavy (non-hydrogen) atoms. The number of pyridine rings is 1. The average Bonchev–Trinajstić information content (AvgIpc) is 2.69. The third-order valence-corrected chi connectivity index (χ3v) is 3.72. The largest absolute Gasteiger partial charge is 0.326 e. The van der Waals surface area contributed by atoms with Crippen molar-refractivity contribution >= 4 is 17.6 Å². The van der Waals surface area contributed by atoms with E-state index in [0.717, 1.165) is 16.8 Å². The van der Waals surface area contributed by atoms with Crippen LogP contribution in [0.5, 0.6) is 0 Å². The summed E-state index contributed by atoms with van der Waals surface area (Å²) in [4.78, 5) is 21.1. The summed E-state index contributed by atoms with van der Waals surface area (Å²) in [6.07, 6.45) is 3.47. The zero-order valence-corrected chi connectivity index (χ0v) is 14.5. The predicted octanol–water partition coefficient (Wildman–Crippen LogP) is 3.79. The minimum absolute atomic E-state index is 0.213. The molecule has 130 valence electrons. The topological polar surface area (TPSA) is 66.4 Å². The van der Waals surface area contributed by atoms with E-state index in [1.165, 1.54) is 0 Å². The summed E-state index contributed by atoms with van der Waals surface area (Å²) in [5.74, 6) is 0.182. The van der Waals surface area contributed by atoms with Crippen molar-refractivity contribution < 1.29 is 4.79 Å². The highest BCUT2D eigenvalue weighted by Crippen LogP contribution is 2.09. The van der Waals surface area contributed by atoms with Gasteiger partial charge in [0.15, 0.2) is 0 Å². The van der Waals surface area contributed by atoms with E-state index >= 15 is 0 Å². The van der Waals surface area contributed by atoms with Crippen LogP contribution in [-0.4, -0.2) is 16.9 Å². The molecule has 5 heteroatoms. The molecule has 1 amide bonds. The Balaban J connectivity index is 1.78. The zero-order valence-electron chi connectivity index (χ0n) is 14.5. The van der Waals surface area contributed by atoms with E-state index in [4.69, 9.17) is 0 Å². The number of carbonyl (C=O) groups excluding carboxylic acids is 1. The molecule has 1 heterocycles. The number of rotatable bonds is 4. The lowest BCUT2D eigenvalue weighted by Gasteiger charge is -2.12.